The summed E-state index contributed by atoms with van der Waals surface area (Å²) in [6.45, 7) is 2.27. The van der Waals surface area contributed by atoms with Gasteiger partial charge in [-0.25, -0.2) is 13.9 Å². The van der Waals surface area contributed by atoms with Gasteiger partial charge in [-0.2, -0.15) is 5.10 Å². The van der Waals surface area contributed by atoms with E-state index in [-0.39, 0.29) is 18.9 Å². The average molecular weight is 458 g/mol. The first-order chi connectivity index (χ1) is 15.2. The van der Waals surface area contributed by atoms with E-state index in [2.05, 4.69) is 28.8 Å². The Hall–Kier alpha value is -3.34. The number of rotatable bonds is 8. The fraction of sp³-hybridized carbons (Fsp3) is 0.409. The summed E-state index contributed by atoms with van der Waals surface area (Å²) in [4.78, 5) is 22.1. The van der Waals surface area contributed by atoms with Gasteiger partial charge < -0.3 is 4.74 Å². The third-order valence-electron chi connectivity index (χ3n) is 5.60. The number of fused-ring (bicyclic) bond motifs is 1. The van der Waals surface area contributed by atoms with Gasteiger partial charge in [0.1, 0.15) is 0 Å². The van der Waals surface area contributed by atoms with E-state index < -0.39 is 20.5 Å². The fourth-order valence-electron chi connectivity index (χ4n) is 3.19. The molecule has 1 unspecified atom stereocenters. The van der Waals surface area contributed by atoms with E-state index in [1.807, 2.05) is 12.1 Å². The molecule has 10 heteroatoms. The lowest BCUT2D eigenvalue weighted by Gasteiger charge is -2.24. The number of sulfone groups is 1. The zero-order valence-corrected chi connectivity index (χ0v) is 18.5. The van der Waals surface area contributed by atoms with Crippen LogP contribution in [0.15, 0.2) is 24.4 Å². The van der Waals surface area contributed by atoms with Gasteiger partial charge in [-0.05, 0) is 49.8 Å². The lowest BCUT2D eigenvalue weighted by atomic mass is 10.1. The Bertz CT molecular complexity index is 1260. The largest absolute Gasteiger partial charge is 0.468 e. The van der Waals surface area contributed by atoms with E-state index in [0.29, 0.717) is 24.5 Å². The highest BCUT2D eigenvalue weighted by molar-refractivity contribution is 7.92. The Balaban J connectivity index is 1.67. The number of nitrogens with zero attached hydrogens (tertiary/aromatic N) is 2. The molecule has 1 saturated carbocycles. The molecular weight excluding hydrogens is 434 g/mol. The number of ether oxygens (including phenoxy) is 1. The second-order valence-corrected chi connectivity index (χ2v) is 10.4. The topological polar surface area (TPSA) is 128 Å². The molecule has 1 fully saturated rings. The van der Waals surface area contributed by atoms with Crippen LogP contribution < -0.4 is 5.48 Å². The number of aryl methyl sites for hydroxylation is 1. The summed E-state index contributed by atoms with van der Waals surface area (Å²) in [6, 6.07) is 5.46. The molecule has 2 aromatic rings. The minimum Gasteiger partial charge on any atom is -0.468 e. The van der Waals surface area contributed by atoms with Crippen molar-refractivity contribution in [3.05, 3.63) is 30.0 Å². The fourth-order valence-corrected chi connectivity index (χ4v) is 4.03. The van der Waals surface area contributed by atoms with Gasteiger partial charge >= 0.3 is 0 Å². The van der Waals surface area contributed by atoms with Crippen LogP contribution in [-0.4, -0.2) is 53.4 Å². The van der Waals surface area contributed by atoms with Crippen molar-refractivity contribution in [2.45, 2.75) is 31.1 Å². The maximum absolute atomic E-state index is 12.1. The molecule has 0 radical (unpaired) electrons. The summed E-state index contributed by atoms with van der Waals surface area (Å²) in [6.07, 6.45) is 3.55. The van der Waals surface area contributed by atoms with Crippen molar-refractivity contribution in [3.63, 3.8) is 0 Å². The first-order valence-corrected chi connectivity index (χ1v) is 11.7. The number of hydrogen-bond donors (Lipinski definition) is 2. The molecule has 0 saturated heterocycles. The number of hydrogen-bond acceptors (Lipinski definition) is 7. The zero-order chi connectivity index (χ0) is 23.4. The molecule has 1 aromatic carbocycles. The lowest BCUT2D eigenvalue weighted by Crippen LogP contribution is -2.49. The van der Waals surface area contributed by atoms with Gasteiger partial charge in [0.15, 0.2) is 14.6 Å². The minimum atomic E-state index is -3.77. The lowest BCUT2D eigenvalue weighted by molar-refractivity contribution is -0.132. The van der Waals surface area contributed by atoms with Crippen molar-refractivity contribution in [3.8, 4) is 23.7 Å². The molecule has 1 heterocycles. The van der Waals surface area contributed by atoms with Gasteiger partial charge in [0.25, 0.3) is 12.4 Å². The maximum Gasteiger partial charge on any atom is 0.293 e. The number of hydroxylamine groups is 1. The van der Waals surface area contributed by atoms with Gasteiger partial charge in [-0.1, -0.05) is 11.8 Å². The van der Waals surface area contributed by atoms with Crippen LogP contribution in [0.4, 0.5) is 0 Å². The van der Waals surface area contributed by atoms with E-state index in [9.17, 15) is 18.0 Å². The highest BCUT2D eigenvalue weighted by atomic mass is 32.2. The van der Waals surface area contributed by atoms with Crippen LogP contribution in [0, 0.1) is 35.5 Å². The van der Waals surface area contributed by atoms with Crippen molar-refractivity contribution in [2.24, 2.45) is 11.8 Å². The zero-order valence-electron chi connectivity index (χ0n) is 17.7. The maximum atomic E-state index is 12.1. The molecule has 3 rings (SSSR count). The number of carbonyl (C=O) groups excluding carboxylic acids is 2. The summed E-state index contributed by atoms with van der Waals surface area (Å²) >= 11 is 0. The summed E-state index contributed by atoms with van der Waals surface area (Å²) in [5, 5.41) is 14.1. The molecule has 9 nitrogen and oxygen atoms in total. The van der Waals surface area contributed by atoms with Crippen molar-refractivity contribution in [2.75, 3.05) is 12.9 Å². The molecule has 32 heavy (non-hydrogen) atoms. The quantitative estimate of drug-likeness (QED) is 0.261. The Morgan fingerprint density at radius 2 is 2.22 bits per heavy atom. The van der Waals surface area contributed by atoms with Gasteiger partial charge in [0.05, 0.1) is 12.1 Å². The van der Waals surface area contributed by atoms with Crippen molar-refractivity contribution in [1.29, 1.82) is 0 Å². The van der Waals surface area contributed by atoms with E-state index in [1.165, 1.54) is 12.4 Å². The Labute approximate surface area is 186 Å². The van der Waals surface area contributed by atoms with Crippen LogP contribution in [0.25, 0.3) is 10.9 Å². The van der Waals surface area contributed by atoms with Gasteiger partial charge in [-0.3, -0.25) is 19.5 Å². The third kappa shape index (κ3) is 5.28. The Morgan fingerprint density at radius 1 is 1.44 bits per heavy atom. The number of benzene rings is 1. The molecular formula is C22H23N3O6S. The summed E-state index contributed by atoms with van der Waals surface area (Å²) < 4.78 is 28.7. The van der Waals surface area contributed by atoms with Crippen molar-refractivity contribution >= 4 is 33.1 Å². The highest BCUT2D eigenvalue weighted by Crippen LogP contribution is 2.37. The molecule has 1 aliphatic carbocycles. The molecule has 0 spiro atoms. The normalized spacial score (nSPS) is 19.0. The molecule has 0 bridgehead atoms. The van der Waals surface area contributed by atoms with Crippen LogP contribution in [-0.2, 0) is 30.7 Å². The molecule has 1 aliphatic rings. The van der Waals surface area contributed by atoms with Gasteiger partial charge in [0, 0.05) is 41.8 Å². The first-order valence-electron chi connectivity index (χ1n) is 9.86. The highest BCUT2D eigenvalue weighted by Gasteiger charge is 2.43. The van der Waals surface area contributed by atoms with E-state index >= 15 is 0 Å². The monoisotopic (exact) mass is 457 g/mol. The number of carbonyl (C=O) groups is 2. The first kappa shape index (κ1) is 23.3. The predicted molar refractivity (Wildman–Crippen MR) is 116 cm³/mol. The smallest absolute Gasteiger partial charge is 0.293 e. The molecule has 1 amide bonds. The van der Waals surface area contributed by atoms with E-state index in [0.717, 1.165) is 23.6 Å². The van der Waals surface area contributed by atoms with Crippen LogP contribution in [0.5, 0.6) is 0 Å². The number of aromatic nitrogens is 2. The molecule has 0 aliphatic heterocycles. The van der Waals surface area contributed by atoms with Crippen molar-refractivity contribution < 1.29 is 28.0 Å². The number of amides is 1. The van der Waals surface area contributed by atoms with Crippen LogP contribution >= 0.6 is 0 Å². The average Bonchev–Trinajstić information content (AvgIpc) is 3.38. The van der Waals surface area contributed by atoms with E-state index in [1.54, 1.807) is 16.9 Å². The molecule has 168 valence electrons. The molecule has 3 atom stereocenters. The standard InChI is InChI=1S/C22H23N3O6S/c1-22(21(27)24-28,32(2,29)30)9-10-25-13-18-11-16(7-8-20(18)23-25)5-3-4-6-17-12-19(17)14-31-15-26/h7-8,11,13,15,17,19,28H,9-10,12,14H2,1-2H3,(H,24,27)/t17?,19-,22+/m0/s1. The summed E-state index contributed by atoms with van der Waals surface area (Å²) in [5.41, 5.74) is 2.89. The van der Waals surface area contributed by atoms with Crippen molar-refractivity contribution in [1.82, 2.24) is 15.3 Å². The number of nitrogens with one attached hydrogen (secondary N) is 1. The third-order valence-corrected chi connectivity index (χ3v) is 7.62. The Kier molecular flexibility index (Phi) is 6.87. The van der Waals surface area contributed by atoms with E-state index in [4.69, 9.17) is 9.94 Å². The summed E-state index contributed by atoms with van der Waals surface area (Å²) in [7, 11) is -3.77. The van der Waals surface area contributed by atoms with Crippen LogP contribution in [0.3, 0.4) is 0 Å². The Morgan fingerprint density at radius 3 is 2.91 bits per heavy atom. The summed E-state index contributed by atoms with van der Waals surface area (Å²) in [5.74, 6) is 11.2. The predicted octanol–water partition coefficient (Wildman–Crippen LogP) is 0.899. The van der Waals surface area contributed by atoms with Gasteiger partial charge in [-0.15, -0.1) is 0 Å². The van der Waals surface area contributed by atoms with Crippen LogP contribution in [0.2, 0.25) is 0 Å². The van der Waals surface area contributed by atoms with Gasteiger partial charge in [0.2, 0.25) is 0 Å². The second kappa shape index (κ2) is 9.43. The van der Waals surface area contributed by atoms with Crippen LogP contribution in [0.1, 0.15) is 25.3 Å². The second-order valence-electron chi connectivity index (χ2n) is 7.91. The SMILES string of the molecule is C[C@@](CCn1cc2cc(C#CC#CC3C[C@H]3COC=O)ccc2n1)(C(=O)NO)S(C)(=O)=O. The molecule has 1 aromatic heterocycles. The minimum absolute atomic E-state index is 0.0610. The molecule has 2 N–H and O–H groups in total.